The lowest BCUT2D eigenvalue weighted by Crippen LogP contribution is -2.35. The van der Waals surface area contributed by atoms with E-state index in [-0.39, 0.29) is 17.9 Å². The van der Waals surface area contributed by atoms with Gasteiger partial charge in [0.25, 0.3) is 0 Å². The van der Waals surface area contributed by atoms with Crippen molar-refractivity contribution in [2.24, 2.45) is 7.05 Å². The first-order chi connectivity index (χ1) is 27.1. The van der Waals surface area contributed by atoms with Crippen LogP contribution in [0.1, 0.15) is 46.4 Å². The van der Waals surface area contributed by atoms with Gasteiger partial charge >= 0.3 is 12.6 Å². The topological polar surface area (TPSA) is 155 Å². The Hall–Kier alpha value is -6.43. The molecule has 0 radical (unpaired) electrons. The van der Waals surface area contributed by atoms with Crippen molar-refractivity contribution in [2.75, 3.05) is 6.54 Å². The first kappa shape index (κ1) is 36.5. The predicted octanol–water partition coefficient (Wildman–Crippen LogP) is 8.13. The molecule has 2 N–H and O–H groups in total. The van der Waals surface area contributed by atoms with Crippen LogP contribution in [-0.4, -0.2) is 54.7 Å². The average Bonchev–Trinajstić information content (AvgIpc) is 3.98. The summed E-state index contributed by atoms with van der Waals surface area (Å²) in [6.07, 6.45) is 4.88. The molecule has 4 heterocycles. The standard InChI is InChI=1S/C42H37F2N7O5/c1-23-29(7-4-9-31(23)39-48-33-15-27(20-51-12-6-11-35(51)41(52)53)36(55-42(43)44)16-37(33)54-39)30-8-5-10-32(24(30)2)40-49-34-14-25(13-26(17-45)38(34)56-40)18-46-19-28-21-50(3)22-47-28/h4-5,7-10,13-16,21-22,35,42,46H,6,11-12,18-20H2,1-3H3,(H,52,53)/t35-/m0/s1. The van der Waals surface area contributed by atoms with Gasteiger partial charge < -0.3 is 28.6 Å². The number of imidazole rings is 1. The second-order valence-electron chi connectivity index (χ2n) is 14.0. The van der Waals surface area contributed by atoms with Gasteiger partial charge in [-0.3, -0.25) is 9.69 Å². The molecule has 0 saturated carbocycles. The van der Waals surface area contributed by atoms with E-state index in [0.717, 1.165) is 39.1 Å². The zero-order valence-corrected chi connectivity index (χ0v) is 30.8. The second kappa shape index (κ2) is 15.0. The lowest BCUT2D eigenvalue weighted by atomic mass is 9.91. The molecule has 1 atom stereocenters. The number of nitrogens with zero attached hydrogens (tertiary/aromatic N) is 6. The monoisotopic (exact) mass is 757 g/mol. The number of oxazole rings is 2. The van der Waals surface area contributed by atoms with E-state index in [1.807, 2.05) is 80.2 Å². The number of rotatable bonds is 12. The Labute approximate surface area is 320 Å². The number of nitrogens with one attached hydrogen (secondary N) is 1. The van der Waals surface area contributed by atoms with E-state index in [0.29, 0.717) is 77.6 Å². The number of hydrogen-bond acceptors (Lipinski definition) is 10. The third-order valence-corrected chi connectivity index (χ3v) is 10.3. The summed E-state index contributed by atoms with van der Waals surface area (Å²) in [6, 6.07) is 20.0. The molecule has 14 heteroatoms. The van der Waals surface area contributed by atoms with Gasteiger partial charge in [0.2, 0.25) is 11.8 Å². The van der Waals surface area contributed by atoms with E-state index in [9.17, 15) is 23.9 Å². The van der Waals surface area contributed by atoms with Crippen LogP contribution >= 0.6 is 0 Å². The van der Waals surface area contributed by atoms with Crippen LogP contribution in [0, 0.1) is 25.2 Å². The highest BCUT2D eigenvalue weighted by atomic mass is 19.3. The summed E-state index contributed by atoms with van der Waals surface area (Å²) in [5.41, 5.74) is 9.40. The third-order valence-electron chi connectivity index (χ3n) is 10.3. The van der Waals surface area contributed by atoms with Crippen LogP contribution in [0.15, 0.2) is 82.0 Å². The highest BCUT2D eigenvalue weighted by Gasteiger charge is 2.31. The fourth-order valence-electron chi connectivity index (χ4n) is 7.56. The van der Waals surface area contributed by atoms with Gasteiger partial charge in [-0.2, -0.15) is 14.0 Å². The lowest BCUT2D eigenvalue weighted by Gasteiger charge is -2.22. The van der Waals surface area contributed by atoms with Crippen LogP contribution in [0.3, 0.4) is 0 Å². The zero-order valence-electron chi connectivity index (χ0n) is 30.8. The molecule has 4 aromatic carbocycles. The number of benzene rings is 4. The molecule has 0 aliphatic carbocycles. The van der Waals surface area contributed by atoms with Gasteiger partial charge in [0.15, 0.2) is 11.2 Å². The molecule has 1 saturated heterocycles. The number of halogens is 2. The van der Waals surface area contributed by atoms with Gasteiger partial charge in [0.05, 0.1) is 17.6 Å². The fraction of sp³-hybridized carbons (Fsp3) is 0.262. The Kier molecular flexibility index (Phi) is 9.79. The third kappa shape index (κ3) is 7.10. The molecule has 3 aromatic heterocycles. The summed E-state index contributed by atoms with van der Waals surface area (Å²) in [4.78, 5) is 27.5. The van der Waals surface area contributed by atoms with E-state index in [2.05, 4.69) is 16.4 Å². The fourth-order valence-corrected chi connectivity index (χ4v) is 7.56. The minimum atomic E-state index is -3.08. The lowest BCUT2D eigenvalue weighted by molar-refractivity contribution is -0.142. The number of aromatic nitrogens is 4. The van der Waals surface area contributed by atoms with Gasteiger partial charge in [-0.1, -0.05) is 24.3 Å². The van der Waals surface area contributed by atoms with Crippen LogP contribution in [-0.2, 0) is 31.5 Å². The maximum atomic E-state index is 13.5. The second-order valence-corrected chi connectivity index (χ2v) is 14.0. The molecule has 284 valence electrons. The summed E-state index contributed by atoms with van der Waals surface area (Å²) in [6.45, 7) is 2.62. The summed E-state index contributed by atoms with van der Waals surface area (Å²) >= 11 is 0. The maximum Gasteiger partial charge on any atom is 0.387 e. The van der Waals surface area contributed by atoms with Gasteiger partial charge in [-0.05, 0) is 91.4 Å². The van der Waals surface area contributed by atoms with Crippen LogP contribution in [0.5, 0.6) is 5.75 Å². The van der Waals surface area contributed by atoms with Crippen molar-refractivity contribution in [2.45, 2.75) is 59.0 Å². The van der Waals surface area contributed by atoms with E-state index >= 15 is 0 Å². The van der Waals surface area contributed by atoms with Gasteiger partial charge in [0, 0.05) is 55.6 Å². The predicted molar refractivity (Wildman–Crippen MR) is 204 cm³/mol. The average molecular weight is 758 g/mol. The van der Waals surface area contributed by atoms with Crippen LogP contribution in [0.25, 0.3) is 56.2 Å². The molecule has 1 fully saturated rings. The van der Waals surface area contributed by atoms with E-state index < -0.39 is 18.6 Å². The number of hydrogen-bond donors (Lipinski definition) is 2. The number of likely N-dealkylation sites (tertiary alicyclic amines) is 1. The quantitative estimate of drug-likeness (QED) is 0.124. The molecule has 0 bridgehead atoms. The van der Waals surface area contributed by atoms with Gasteiger partial charge in [-0.15, -0.1) is 0 Å². The minimum absolute atomic E-state index is 0.0845. The Morgan fingerprint density at radius 3 is 2.36 bits per heavy atom. The molecule has 0 unspecified atom stereocenters. The highest BCUT2D eigenvalue weighted by molar-refractivity contribution is 5.86. The summed E-state index contributed by atoms with van der Waals surface area (Å²) in [5, 5.41) is 23.0. The molecule has 1 aliphatic rings. The Balaban J connectivity index is 1.10. The van der Waals surface area contributed by atoms with E-state index in [1.165, 1.54) is 6.07 Å². The number of aliphatic carboxylic acids is 1. The van der Waals surface area contributed by atoms with Crippen LogP contribution in [0.2, 0.25) is 0 Å². The number of nitriles is 1. The molecule has 0 amide bonds. The molecular weight excluding hydrogens is 721 g/mol. The van der Waals surface area contributed by atoms with Gasteiger partial charge in [-0.25, -0.2) is 15.0 Å². The maximum absolute atomic E-state index is 13.5. The van der Waals surface area contributed by atoms with Crippen molar-refractivity contribution in [3.63, 3.8) is 0 Å². The molecule has 7 aromatic rings. The molecule has 56 heavy (non-hydrogen) atoms. The molecule has 1 aliphatic heterocycles. The Morgan fingerprint density at radius 1 is 1.00 bits per heavy atom. The smallest absolute Gasteiger partial charge is 0.387 e. The number of carboxylic acid groups (broad SMARTS) is 1. The van der Waals surface area contributed by atoms with Crippen LogP contribution in [0.4, 0.5) is 8.78 Å². The zero-order chi connectivity index (χ0) is 39.1. The molecule has 0 spiro atoms. The largest absolute Gasteiger partial charge is 0.480 e. The SMILES string of the molecule is Cc1c(-c2nc3cc(CN4CCC[C@H]4C(=O)O)c(OC(F)F)cc3o2)cccc1-c1cccc(-c2nc3cc(CNCc4cn(C)cn4)cc(C#N)c3o2)c1C. The van der Waals surface area contributed by atoms with Crippen molar-refractivity contribution in [1.29, 1.82) is 5.26 Å². The summed E-state index contributed by atoms with van der Waals surface area (Å²) in [5.74, 6) is -0.342. The van der Waals surface area contributed by atoms with Crippen molar-refractivity contribution in [3.8, 4) is 45.9 Å². The van der Waals surface area contributed by atoms with E-state index in [4.69, 9.17) is 23.5 Å². The van der Waals surface area contributed by atoms with Gasteiger partial charge in [0.1, 0.15) is 28.9 Å². The first-order valence-corrected chi connectivity index (χ1v) is 18.1. The minimum Gasteiger partial charge on any atom is -0.480 e. The van der Waals surface area contributed by atoms with Crippen LogP contribution < -0.4 is 10.1 Å². The van der Waals surface area contributed by atoms with Crippen molar-refractivity contribution in [1.82, 2.24) is 29.7 Å². The number of aryl methyl sites for hydroxylation is 1. The number of alkyl halides is 2. The van der Waals surface area contributed by atoms with Crippen molar-refractivity contribution in [3.05, 3.63) is 107 Å². The number of carboxylic acids is 1. The molecule has 8 rings (SSSR count). The highest BCUT2D eigenvalue weighted by Crippen LogP contribution is 2.39. The van der Waals surface area contributed by atoms with E-state index in [1.54, 1.807) is 17.3 Å². The Morgan fingerprint density at radius 2 is 1.70 bits per heavy atom. The number of ether oxygens (including phenoxy) is 1. The summed E-state index contributed by atoms with van der Waals surface area (Å²) < 4.78 is 46.2. The first-order valence-electron chi connectivity index (χ1n) is 18.1. The van der Waals surface area contributed by atoms with Crippen molar-refractivity contribution >= 4 is 28.2 Å². The number of carbonyl (C=O) groups is 1. The molecular formula is C42H37F2N7O5. The molecule has 12 nitrogen and oxygen atoms in total. The number of fused-ring (bicyclic) bond motifs is 2. The normalized spacial score (nSPS) is 14.6. The van der Waals surface area contributed by atoms with Crippen molar-refractivity contribution < 1.29 is 32.3 Å². The Bertz CT molecular complexity index is 2660. The summed E-state index contributed by atoms with van der Waals surface area (Å²) in [7, 11) is 1.92.